The molecule has 0 aliphatic rings. The fourth-order valence-corrected chi connectivity index (χ4v) is 2.45. The minimum atomic E-state index is -0.863. The number of carbonyl (C=O) groups excluding carboxylic acids is 2. The van der Waals surface area contributed by atoms with Gasteiger partial charge in [0, 0.05) is 16.9 Å². The van der Waals surface area contributed by atoms with Crippen molar-refractivity contribution in [2.75, 3.05) is 5.32 Å². The number of esters is 1. The molecule has 0 aliphatic heterocycles. The SMILES string of the molecule is CC(C)OC(=O)C(C)Sc1cc(NC(=O)C(C)C)c(F)cc1F. The molecule has 128 valence electrons. The van der Waals surface area contributed by atoms with E-state index in [1.165, 1.54) is 6.07 Å². The first-order valence-corrected chi connectivity index (χ1v) is 8.16. The summed E-state index contributed by atoms with van der Waals surface area (Å²) in [5.74, 6) is -2.85. The van der Waals surface area contributed by atoms with E-state index in [0.29, 0.717) is 6.07 Å². The number of hydrogen-bond acceptors (Lipinski definition) is 4. The van der Waals surface area contributed by atoms with Crippen molar-refractivity contribution < 1.29 is 23.1 Å². The number of carbonyl (C=O) groups is 2. The largest absolute Gasteiger partial charge is 0.462 e. The third-order valence-electron chi connectivity index (χ3n) is 2.79. The topological polar surface area (TPSA) is 55.4 Å². The van der Waals surface area contributed by atoms with Gasteiger partial charge in [-0.25, -0.2) is 8.78 Å². The second-order valence-electron chi connectivity index (χ2n) is 5.65. The molecule has 0 bridgehead atoms. The minimum absolute atomic E-state index is 0.0682. The highest BCUT2D eigenvalue weighted by atomic mass is 32.2. The molecule has 1 atom stereocenters. The molecule has 0 spiro atoms. The van der Waals surface area contributed by atoms with Gasteiger partial charge in [-0.15, -0.1) is 11.8 Å². The van der Waals surface area contributed by atoms with E-state index >= 15 is 0 Å². The average molecular weight is 345 g/mol. The maximum atomic E-state index is 13.9. The zero-order valence-electron chi connectivity index (χ0n) is 13.8. The summed E-state index contributed by atoms with van der Waals surface area (Å²) in [5, 5.41) is 1.74. The number of thioether (sulfide) groups is 1. The number of rotatable bonds is 6. The molecule has 1 aromatic carbocycles. The summed E-state index contributed by atoms with van der Waals surface area (Å²) in [5.41, 5.74) is -0.114. The zero-order chi connectivity index (χ0) is 17.7. The third-order valence-corrected chi connectivity index (χ3v) is 3.90. The summed E-state index contributed by atoms with van der Waals surface area (Å²) in [6.45, 7) is 8.33. The van der Waals surface area contributed by atoms with Gasteiger partial charge in [0.25, 0.3) is 0 Å². The van der Waals surface area contributed by atoms with Crippen LogP contribution >= 0.6 is 11.8 Å². The molecule has 7 heteroatoms. The Morgan fingerprint density at radius 1 is 1.09 bits per heavy atom. The standard InChI is InChI=1S/C16H21F2NO3S/c1-8(2)15(20)19-13-7-14(12(18)6-11(13)17)23-10(5)16(21)22-9(3)4/h6-10H,1-5H3,(H,19,20). The molecule has 0 aromatic heterocycles. The van der Waals surface area contributed by atoms with Crippen molar-refractivity contribution in [2.45, 2.75) is 50.9 Å². The molecule has 1 unspecified atom stereocenters. The maximum Gasteiger partial charge on any atom is 0.319 e. The van der Waals surface area contributed by atoms with Gasteiger partial charge in [-0.3, -0.25) is 9.59 Å². The van der Waals surface area contributed by atoms with Crippen LogP contribution in [0.4, 0.5) is 14.5 Å². The summed E-state index contributed by atoms with van der Waals surface area (Å²) in [4.78, 5) is 23.5. The Bertz CT molecular complexity index is 591. The van der Waals surface area contributed by atoms with Crippen LogP contribution in [0.1, 0.15) is 34.6 Å². The van der Waals surface area contributed by atoms with Gasteiger partial charge in [0.1, 0.15) is 16.9 Å². The smallest absolute Gasteiger partial charge is 0.319 e. The van der Waals surface area contributed by atoms with Gasteiger partial charge in [0.2, 0.25) is 5.91 Å². The molecule has 0 radical (unpaired) electrons. The van der Waals surface area contributed by atoms with E-state index in [2.05, 4.69) is 5.32 Å². The highest BCUT2D eigenvalue weighted by molar-refractivity contribution is 8.00. The first kappa shape index (κ1) is 19.4. The first-order chi connectivity index (χ1) is 10.6. The van der Waals surface area contributed by atoms with Gasteiger partial charge in [0.05, 0.1) is 11.8 Å². The van der Waals surface area contributed by atoms with Crippen LogP contribution in [0.15, 0.2) is 17.0 Å². The van der Waals surface area contributed by atoms with Gasteiger partial charge in [0.15, 0.2) is 0 Å². The van der Waals surface area contributed by atoms with E-state index in [4.69, 9.17) is 4.74 Å². The van der Waals surface area contributed by atoms with E-state index in [0.717, 1.165) is 11.8 Å². The molecule has 0 fully saturated rings. The number of anilines is 1. The molecule has 4 nitrogen and oxygen atoms in total. The predicted octanol–water partition coefficient (Wildman–Crippen LogP) is 3.99. The molecule has 1 N–H and O–H groups in total. The van der Waals surface area contributed by atoms with Crippen LogP contribution in [0, 0.1) is 17.6 Å². The molecular formula is C16H21F2NO3S. The van der Waals surface area contributed by atoms with Crippen LogP contribution in [-0.4, -0.2) is 23.2 Å². The fourth-order valence-electron chi connectivity index (χ4n) is 1.56. The number of benzene rings is 1. The van der Waals surface area contributed by atoms with Gasteiger partial charge in [-0.2, -0.15) is 0 Å². The number of ether oxygens (including phenoxy) is 1. The van der Waals surface area contributed by atoms with Crippen LogP contribution < -0.4 is 5.32 Å². The molecule has 0 saturated carbocycles. The Balaban J connectivity index is 2.94. The van der Waals surface area contributed by atoms with E-state index in [-0.39, 0.29) is 28.5 Å². The van der Waals surface area contributed by atoms with E-state index in [1.54, 1.807) is 34.6 Å². The Morgan fingerprint density at radius 2 is 1.70 bits per heavy atom. The molecule has 1 aromatic rings. The lowest BCUT2D eigenvalue weighted by molar-refractivity contribution is -0.146. The quantitative estimate of drug-likeness (QED) is 0.626. The van der Waals surface area contributed by atoms with E-state index in [9.17, 15) is 18.4 Å². The van der Waals surface area contributed by atoms with Crippen LogP contribution in [0.2, 0.25) is 0 Å². The summed E-state index contributed by atoms with van der Waals surface area (Å²) < 4.78 is 32.7. The van der Waals surface area contributed by atoms with Crippen molar-refractivity contribution in [1.82, 2.24) is 0 Å². The van der Waals surface area contributed by atoms with Crippen molar-refractivity contribution in [3.05, 3.63) is 23.8 Å². The summed E-state index contributed by atoms with van der Waals surface area (Å²) >= 11 is 0.911. The maximum absolute atomic E-state index is 13.9. The highest BCUT2D eigenvalue weighted by Gasteiger charge is 2.21. The lowest BCUT2D eigenvalue weighted by Gasteiger charge is -2.15. The zero-order valence-corrected chi connectivity index (χ0v) is 14.6. The fraction of sp³-hybridized carbons (Fsp3) is 0.500. The molecule has 23 heavy (non-hydrogen) atoms. The second kappa shape index (κ2) is 8.29. The molecule has 1 rings (SSSR count). The number of hydrogen-bond donors (Lipinski definition) is 1. The van der Waals surface area contributed by atoms with E-state index in [1.807, 2.05) is 0 Å². The highest BCUT2D eigenvalue weighted by Crippen LogP contribution is 2.31. The van der Waals surface area contributed by atoms with Gasteiger partial charge >= 0.3 is 5.97 Å². The molecular weight excluding hydrogens is 324 g/mol. The van der Waals surface area contributed by atoms with Crippen LogP contribution in [0.5, 0.6) is 0 Å². The summed E-state index contributed by atoms with van der Waals surface area (Å²) in [7, 11) is 0. The van der Waals surface area contributed by atoms with Crippen LogP contribution in [0.3, 0.4) is 0 Å². The van der Waals surface area contributed by atoms with Crippen molar-refractivity contribution in [1.29, 1.82) is 0 Å². The van der Waals surface area contributed by atoms with Crippen LogP contribution in [0.25, 0.3) is 0 Å². The monoisotopic (exact) mass is 345 g/mol. The third kappa shape index (κ3) is 5.82. The van der Waals surface area contributed by atoms with Crippen molar-refractivity contribution in [2.24, 2.45) is 5.92 Å². The van der Waals surface area contributed by atoms with Gasteiger partial charge in [-0.1, -0.05) is 13.8 Å². The van der Waals surface area contributed by atoms with E-state index < -0.39 is 22.9 Å². The molecule has 0 saturated heterocycles. The Hall–Kier alpha value is -1.63. The summed E-state index contributed by atoms with van der Waals surface area (Å²) in [6.07, 6.45) is -0.274. The molecule has 1 amide bonds. The summed E-state index contributed by atoms with van der Waals surface area (Å²) in [6, 6.07) is 1.88. The van der Waals surface area contributed by atoms with Gasteiger partial charge in [-0.05, 0) is 26.8 Å². The first-order valence-electron chi connectivity index (χ1n) is 7.28. The minimum Gasteiger partial charge on any atom is -0.462 e. The Kier molecular flexibility index (Phi) is 7.00. The second-order valence-corrected chi connectivity index (χ2v) is 7.03. The number of nitrogens with one attached hydrogen (secondary N) is 1. The Morgan fingerprint density at radius 3 is 2.22 bits per heavy atom. The molecule has 0 heterocycles. The lowest BCUT2D eigenvalue weighted by atomic mass is 10.2. The van der Waals surface area contributed by atoms with Crippen molar-refractivity contribution in [3.63, 3.8) is 0 Å². The number of amides is 1. The van der Waals surface area contributed by atoms with Crippen molar-refractivity contribution in [3.8, 4) is 0 Å². The lowest BCUT2D eigenvalue weighted by Crippen LogP contribution is -2.21. The predicted molar refractivity (Wildman–Crippen MR) is 86.4 cm³/mol. The normalized spacial score (nSPS) is 12.4. The molecule has 0 aliphatic carbocycles. The van der Waals surface area contributed by atoms with Crippen LogP contribution in [-0.2, 0) is 14.3 Å². The number of halogens is 2. The average Bonchev–Trinajstić information content (AvgIpc) is 2.42. The Labute approximate surface area is 139 Å². The van der Waals surface area contributed by atoms with Crippen molar-refractivity contribution >= 4 is 29.3 Å². The van der Waals surface area contributed by atoms with Gasteiger partial charge < -0.3 is 10.1 Å².